The fraction of sp³-hybridized carbons (Fsp3) is 0.412. The van der Waals surface area contributed by atoms with Crippen LogP contribution in [-0.2, 0) is 4.74 Å². The standard InChI is InChI=1S/C17H20N6O2S/c1-10(2)13-9-25-17(24)23(13)14-4-5-18-15(21-14)19-11(3)12-8-22-6-7-26-16(22)20-12/h4-8,10-11,13H,9H2,1-3H3,(H,18,19,21)/t11-,13+/m0/s1. The lowest BCUT2D eigenvalue weighted by Crippen LogP contribution is -2.37. The van der Waals surface area contributed by atoms with Crippen LogP contribution in [0.1, 0.15) is 32.5 Å². The van der Waals surface area contributed by atoms with Gasteiger partial charge >= 0.3 is 6.09 Å². The van der Waals surface area contributed by atoms with Gasteiger partial charge in [0.05, 0.1) is 17.8 Å². The van der Waals surface area contributed by atoms with Crippen molar-refractivity contribution < 1.29 is 9.53 Å². The van der Waals surface area contributed by atoms with Crippen LogP contribution in [0.3, 0.4) is 0 Å². The number of cyclic esters (lactones) is 1. The summed E-state index contributed by atoms with van der Waals surface area (Å²) in [5.74, 6) is 1.26. The van der Waals surface area contributed by atoms with Crippen LogP contribution in [0, 0.1) is 5.92 Å². The molecule has 1 saturated heterocycles. The second kappa shape index (κ2) is 6.56. The molecule has 26 heavy (non-hydrogen) atoms. The van der Waals surface area contributed by atoms with Crippen LogP contribution in [0.5, 0.6) is 0 Å². The summed E-state index contributed by atoms with van der Waals surface area (Å²) < 4.78 is 7.19. The number of ether oxygens (including phenoxy) is 1. The molecule has 3 aromatic heterocycles. The van der Waals surface area contributed by atoms with Crippen molar-refractivity contribution in [2.75, 3.05) is 16.8 Å². The van der Waals surface area contributed by atoms with Crippen molar-refractivity contribution in [1.82, 2.24) is 19.4 Å². The molecular weight excluding hydrogens is 352 g/mol. The number of imidazole rings is 1. The highest BCUT2D eigenvalue weighted by Crippen LogP contribution is 2.26. The van der Waals surface area contributed by atoms with E-state index in [-0.39, 0.29) is 24.1 Å². The Morgan fingerprint density at radius 1 is 1.35 bits per heavy atom. The third-order valence-electron chi connectivity index (χ3n) is 4.46. The van der Waals surface area contributed by atoms with Crippen LogP contribution < -0.4 is 10.2 Å². The number of rotatable bonds is 5. The molecular formula is C17H20N6O2S. The van der Waals surface area contributed by atoms with Crippen molar-refractivity contribution in [2.24, 2.45) is 5.92 Å². The summed E-state index contributed by atoms with van der Waals surface area (Å²) in [6.45, 7) is 6.51. The highest BCUT2D eigenvalue weighted by molar-refractivity contribution is 7.15. The molecule has 136 valence electrons. The summed E-state index contributed by atoms with van der Waals surface area (Å²) in [7, 11) is 0. The van der Waals surface area contributed by atoms with Gasteiger partial charge in [0.2, 0.25) is 5.95 Å². The molecule has 0 saturated carbocycles. The van der Waals surface area contributed by atoms with Crippen molar-refractivity contribution in [3.8, 4) is 0 Å². The number of hydrogen-bond donors (Lipinski definition) is 1. The summed E-state index contributed by atoms with van der Waals surface area (Å²) in [5, 5.41) is 5.26. The van der Waals surface area contributed by atoms with E-state index in [1.54, 1.807) is 28.5 Å². The number of carbonyl (C=O) groups excluding carboxylic acids is 1. The highest BCUT2D eigenvalue weighted by Gasteiger charge is 2.37. The Labute approximate surface area is 154 Å². The van der Waals surface area contributed by atoms with Crippen LogP contribution in [0.15, 0.2) is 30.0 Å². The highest BCUT2D eigenvalue weighted by atomic mass is 32.1. The lowest BCUT2D eigenvalue weighted by atomic mass is 10.0. The van der Waals surface area contributed by atoms with Gasteiger partial charge < -0.3 is 10.1 Å². The number of thiazole rings is 1. The zero-order valence-corrected chi connectivity index (χ0v) is 15.6. The van der Waals surface area contributed by atoms with Crippen molar-refractivity contribution in [1.29, 1.82) is 0 Å². The normalized spacial score (nSPS) is 18.5. The molecule has 8 nitrogen and oxygen atoms in total. The SMILES string of the molecule is CC(C)[C@H]1COC(=O)N1c1ccnc(N[C@@H](C)c2cn3ccsc3n2)n1. The van der Waals surface area contributed by atoms with Crippen molar-refractivity contribution in [2.45, 2.75) is 32.9 Å². The molecule has 1 fully saturated rings. The quantitative estimate of drug-likeness (QED) is 0.739. The average Bonchev–Trinajstić information content (AvgIpc) is 3.28. The number of fused-ring (bicyclic) bond motifs is 1. The molecule has 3 aromatic rings. The Kier molecular flexibility index (Phi) is 4.23. The molecule has 4 heterocycles. The maximum Gasteiger partial charge on any atom is 0.415 e. The summed E-state index contributed by atoms with van der Waals surface area (Å²) in [4.78, 5) is 28.1. The number of anilines is 2. The molecule has 0 spiro atoms. The van der Waals surface area contributed by atoms with E-state index in [9.17, 15) is 4.79 Å². The molecule has 0 aliphatic carbocycles. The van der Waals surface area contributed by atoms with E-state index in [0.717, 1.165) is 10.7 Å². The average molecular weight is 372 g/mol. The van der Waals surface area contributed by atoms with E-state index in [4.69, 9.17) is 4.74 Å². The van der Waals surface area contributed by atoms with E-state index in [1.807, 2.05) is 29.1 Å². The largest absolute Gasteiger partial charge is 0.447 e. The molecule has 1 aliphatic rings. The smallest absolute Gasteiger partial charge is 0.415 e. The van der Waals surface area contributed by atoms with Gasteiger partial charge in [0, 0.05) is 24.0 Å². The zero-order chi connectivity index (χ0) is 18.3. The first kappa shape index (κ1) is 16.8. The van der Waals surface area contributed by atoms with Gasteiger partial charge in [-0.25, -0.2) is 14.8 Å². The third kappa shape index (κ3) is 2.98. The van der Waals surface area contributed by atoms with E-state index >= 15 is 0 Å². The van der Waals surface area contributed by atoms with Gasteiger partial charge in [-0.1, -0.05) is 13.8 Å². The second-order valence-corrected chi connectivity index (χ2v) is 7.49. The lowest BCUT2D eigenvalue weighted by molar-refractivity contribution is 0.177. The van der Waals surface area contributed by atoms with Crippen molar-refractivity contribution in [3.05, 3.63) is 35.7 Å². The number of carbonyl (C=O) groups is 1. The summed E-state index contributed by atoms with van der Waals surface area (Å²) >= 11 is 1.59. The first-order valence-electron chi connectivity index (χ1n) is 8.50. The minimum absolute atomic E-state index is 0.0254. The Balaban J connectivity index is 1.55. The summed E-state index contributed by atoms with van der Waals surface area (Å²) in [6, 6.07) is 1.64. The number of amides is 1. The number of aromatic nitrogens is 4. The Bertz CT molecular complexity index is 908. The summed E-state index contributed by atoms with van der Waals surface area (Å²) in [5.41, 5.74) is 0.909. The Morgan fingerprint density at radius 2 is 2.19 bits per heavy atom. The molecule has 0 radical (unpaired) electrons. The zero-order valence-electron chi connectivity index (χ0n) is 14.8. The van der Waals surface area contributed by atoms with Gasteiger partial charge in [0.25, 0.3) is 0 Å². The van der Waals surface area contributed by atoms with Crippen molar-refractivity contribution >= 4 is 34.2 Å². The molecule has 0 aromatic carbocycles. The fourth-order valence-electron chi connectivity index (χ4n) is 2.96. The number of nitrogens with zero attached hydrogens (tertiary/aromatic N) is 5. The first-order valence-corrected chi connectivity index (χ1v) is 9.38. The van der Waals surface area contributed by atoms with Crippen LogP contribution in [0.2, 0.25) is 0 Å². The van der Waals surface area contributed by atoms with Gasteiger partial charge in [0.15, 0.2) is 4.96 Å². The van der Waals surface area contributed by atoms with Crippen LogP contribution in [0.4, 0.5) is 16.6 Å². The summed E-state index contributed by atoms with van der Waals surface area (Å²) in [6.07, 6.45) is 5.24. The van der Waals surface area contributed by atoms with Gasteiger partial charge in [-0.3, -0.25) is 9.30 Å². The molecule has 2 atom stereocenters. The minimum atomic E-state index is -0.365. The fourth-order valence-corrected chi connectivity index (χ4v) is 3.67. The maximum atomic E-state index is 12.1. The number of hydrogen-bond acceptors (Lipinski definition) is 7. The maximum absolute atomic E-state index is 12.1. The second-order valence-electron chi connectivity index (χ2n) is 6.62. The topological polar surface area (TPSA) is 84.7 Å². The van der Waals surface area contributed by atoms with E-state index in [2.05, 4.69) is 34.1 Å². The monoisotopic (exact) mass is 372 g/mol. The lowest BCUT2D eigenvalue weighted by Gasteiger charge is -2.23. The van der Waals surface area contributed by atoms with E-state index in [0.29, 0.717) is 18.4 Å². The van der Waals surface area contributed by atoms with Gasteiger partial charge in [-0.2, -0.15) is 4.98 Å². The van der Waals surface area contributed by atoms with Crippen molar-refractivity contribution in [3.63, 3.8) is 0 Å². The van der Waals surface area contributed by atoms with Gasteiger partial charge in [-0.15, -0.1) is 11.3 Å². The molecule has 0 bridgehead atoms. The Morgan fingerprint density at radius 3 is 2.96 bits per heavy atom. The van der Waals surface area contributed by atoms with Crippen LogP contribution in [0.25, 0.3) is 4.96 Å². The Hall–Kier alpha value is -2.68. The molecule has 4 rings (SSSR count). The predicted molar refractivity (Wildman–Crippen MR) is 99.6 cm³/mol. The molecule has 1 N–H and O–H groups in total. The molecule has 0 unspecified atom stereocenters. The molecule has 9 heteroatoms. The minimum Gasteiger partial charge on any atom is -0.447 e. The van der Waals surface area contributed by atoms with E-state index in [1.165, 1.54) is 0 Å². The van der Waals surface area contributed by atoms with Crippen LogP contribution in [-0.4, -0.2) is 38.1 Å². The molecule has 1 amide bonds. The predicted octanol–water partition coefficient (Wildman–Crippen LogP) is 3.34. The first-order chi connectivity index (χ1) is 12.5. The molecule has 1 aliphatic heterocycles. The third-order valence-corrected chi connectivity index (χ3v) is 5.24. The van der Waals surface area contributed by atoms with E-state index < -0.39 is 0 Å². The van der Waals surface area contributed by atoms with Gasteiger partial charge in [-0.05, 0) is 18.9 Å². The number of nitrogens with one attached hydrogen (secondary N) is 1. The van der Waals surface area contributed by atoms with Crippen LogP contribution >= 0.6 is 11.3 Å². The van der Waals surface area contributed by atoms with Gasteiger partial charge in [0.1, 0.15) is 12.4 Å².